The number of anilines is 1. The summed E-state index contributed by atoms with van der Waals surface area (Å²) in [6.07, 6.45) is -0.947. The number of carbonyl (C=O) groups is 1. The fourth-order valence-electron chi connectivity index (χ4n) is 1.19. The smallest absolute Gasteiger partial charge is 0.411 e. The summed E-state index contributed by atoms with van der Waals surface area (Å²) in [6, 6.07) is 6.91. The van der Waals surface area contributed by atoms with Crippen LogP contribution in [-0.2, 0) is 0 Å². The lowest BCUT2D eigenvalue weighted by Crippen LogP contribution is -2.28. The molecule has 0 bridgehead atoms. The molecule has 1 aromatic rings. The molecular weight excluding hydrogens is 182 g/mol. The first-order valence-electron chi connectivity index (χ1n) is 4.33. The Bertz CT molecular complexity index is 308. The third-order valence-electron chi connectivity index (χ3n) is 1.93. The molecule has 0 heterocycles. The molecule has 0 saturated heterocycles. The highest BCUT2D eigenvalue weighted by Crippen LogP contribution is 2.18. The van der Waals surface area contributed by atoms with Crippen LogP contribution in [0.2, 0.25) is 0 Å². The Kier molecular flexibility index (Phi) is 3.34. The van der Waals surface area contributed by atoms with Crippen molar-refractivity contribution in [2.75, 3.05) is 18.6 Å². The van der Waals surface area contributed by atoms with Crippen LogP contribution < -0.4 is 9.64 Å². The van der Waals surface area contributed by atoms with Crippen LogP contribution in [0, 0.1) is 0 Å². The van der Waals surface area contributed by atoms with Crippen molar-refractivity contribution in [3.05, 3.63) is 24.3 Å². The number of carboxylic acid groups (broad SMARTS) is 1. The Labute approximate surface area is 82.7 Å². The molecule has 0 spiro atoms. The van der Waals surface area contributed by atoms with E-state index in [2.05, 4.69) is 0 Å². The van der Waals surface area contributed by atoms with Crippen molar-refractivity contribution in [1.29, 1.82) is 0 Å². The van der Waals surface area contributed by atoms with Crippen LogP contribution in [0.5, 0.6) is 5.75 Å². The summed E-state index contributed by atoms with van der Waals surface area (Å²) in [5, 5.41) is 8.85. The minimum absolute atomic E-state index is 0.432. The van der Waals surface area contributed by atoms with Crippen LogP contribution in [0.1, 0.15) is 6.92 Å². The maximum absolute atomic E-state index is 10.8. The van der Waals surface area contributed by atoms with Crippen molar-refractivity contribution in [3.8, 4) is 5.75 Å². The van der Waals surface area contributed by atoms with Gasteiger partial charge in [-0.15, -0.1) is 0 Å². The molecule has 0 fully saturated rings. The van der Waals surface area contributed by atoms with Crippen molar-refractivity contribution < 1.29 is 14.6 Å². The van der Waals surface area contributed by atoms with Gasteiger partial charge in [0.1, 0.15) is 5.75 Å². The van der Waals surface area contributed by atoms with E-state index in [9.17, 15) is 4.79 Å². The normalized spacial score (nSPS) is 9.57. The number of nitrogens with zero attached hydrogens (tertiary/aromatic N) is 1. The van der Waals surface area contributed by atoms with Crippen LogP contribution in [0.25, 0.3) is 0 Å². The fraction of sp³-hybridized carbons (Fsp3) is 0.300. The fourth-order valence-corrected chi connectivity index (χ4v) is 1.19. The van der Waals surface area contributed by atoms with Gasteiger partial charge >= 0.3 is 6.09 Å². The largest absolute Gasteiger partial charge is 0.497 e. The summed E-state index contributed by atoms with van der Waals surface area (Å²) in [6.45, 7) is 2.22. The summed E-state index contributed by atoms with van der Waals surface area (Å²) in [4.78, 5) is 12.0. The van der Waals surface area contributed by atoms with E-state index in [1.54, 1.807) is 38.3 Å². The SMILES string of the molecule is CCN(C(=O)O)c1ccc(OC)cc1. The second kappa shape index (κ2) is 4.50. The standard InChI is InChI=1S/C10H13NO3/c1-3-11(10(12)13)8-4-6-9(14-2)7-5-8/h4-7H,3H2,1-2H3,(H,12,13). The number of hydrogen-bond acceptors (Lipinski definition) is 2. The highest BCUT2D eigenvalue weighted by molar-refractivity contribution is 5.85. The number of hydrogen-bond donors (Lipinski definition) is 1. The number of ether oxygens (including phenoxy) is 1. The zero-order chi connectivity index (χ0) is 10.6. The van der Waals surface area contributed by atoms with E-state index in [-0.39, 0.29) is 0 Å². The second-order valence-corrected chi connectivity index (χ2v) is 2.72. The number of rotatable bonds is 3. The maximum Gasteiger partial charge on any atom is 0.411 e. The summed E-state index contributed by atoms with van der Waals surface area (Å²) >= 11 is 0. The lowest BCUT2D eigenvalue weighted by atomic mass is 10.3. The van der Waals surface area contributed by atoms with Crippen LogP contribution in [-0.4, -0.2) is 24.9 Å². The third kappa shape index (κ3) is 2.16. The molecule has 1 N–H and O–H groups in total. The van der Waals surface area contributed by atoms with Crippen LogP contribution in [0.4, 0.5) is 10.5 Å². The Hall–Kier alpha value is -1.71. The lowest BCUT2D eigenvalue weighted by molar-refractivity contribution is 0.202. The highest BCUT2D eigenvalue weighted by atomic mass is 16.5. The van der Waals surface area contributed by atoms with Gasteiger partial charge in [0.25, 0.3) is 0 Å². The van der Waals surface area contributed by atoms with Crippen LogP contribution in [0.3, 0.4) is 0 Å². The van der Waals surface area contributed by atoms with Gasteiger partial charge in [0.15, 0.2) is 0 Å². The molecule has 1 rings (SSSR count). The minimum Gasteiger partial charge on any atom is -0.497 e. The Morgan fingerprint density at radius 3 is 2.36 bits per heavy atom. The second-order valence-electron chi connectivity index (χ2n) is 2.72. The van der Waals surface area contributed by atoms with Gasteiger partial charge in [-0.3, -0.25) is 4.90 Å². The van der Waals surface area contributed by atoms with Gasteiger partial charge in [0.05, 0.1) is 7.11 Å². The molecule has 1 amide bonds. The average molecular weight is 195 g/mol. The van der Waals surface area contributed by atoms with Gasteiger partial charge in [0, 0.05) is 12.2 Å². The summed E-state index contributed by atoms with van der Waals surface area (Å²) in [5.41, 5.74) is 0.654. The van der Waals surface area contributed by atoms with Gasteiger partial charge in [-0.1, -0.05) is 0 Å². The van der Waals surface area contributed by atoms with Gasteiger partial charge in [0.2, 0.25) is 0 Å². The van der Waals surface area contributed by atoms with Gasteiger partial charge < -0.3 is 9.84 Å². The molecule has 4 heteroatoms. The first kappa shape index (κ1) is 10.4. The summed E-state index contributed by atoms with van der Waals surface area (Å²) < 4.78 is 4.98. The molecule has 0 atom stereocenters. The van der Waals surface area contributed by atoms with Crippen molar-refractivity contribution >= 4 is 11.8 Å². The summed E-state index contributed by atoms with van der Waals surface area (Å²) in [7, 11) is 1.57. The van der Waals surface area contributed by atoms with Crippen molar-refractivity contribution in [2.24, 2.45) is 0 Å². The van der Waals surface area contributed by atoms with E-state index in [0.717, 1.165) is 5.75 Å². The highest BCUT2D eigenvalue weighted by Gasteiger charge is 2.10. The molecule has 0 aliphatic rings. The Morgan fingerprint density at radius 1 is 1.43 bits per heavy atom. The molecule has 76 valence electrons. The number of methoxy groups -OCH3 is 1. The minimum atomic E-state index is -0.947. The molecule has 0 unspecified atom stereocenters. The first-order chi connectivity index (χ1) is 6.69. The molecule has 0 aliphatic carbocycles. The molecule has 0 aliphatic heterocycles. The van der Waals surface area contributed by atoms with Crippen molar-refractivity contribution in [1.82, 2.24) is 0 Å². The molecule has 0 radical (unpaired) electrons. The number of benzene rings is 1. The predicted molar refractivity (Wildman–Crippen MR) is 54.0 cm³/mol. The van der Waals surface area contributed by atoms with Gasteiger partial charge in [-0.2, -0.15) is 0 Å². The van der Waals surface area contributed by atoms with Crippen LogP contribution in [0.15, 0.2) is 24.3 Å². The topological polar surface area (TPSA) is 49.8 Å². The van der Waals surface area contributed by atoms with E-state index >= 15 is 0 Å². The molecule has 14 heavy (non-hydrogen) atoms. The molecule has 4 nitrogen and oxygen atoms in total. The third-order valence-corrected chi connectivity index (χ3v) is 1.93. The maximum atomic E-state index is 10.8. The van der Waals surface area contributed by atoms with E-state index in [1.807, 2.05) is 0 Å². The average Bonchev–Trinajstić information content (AvgIpc) is 2.19. The first-order valence-corrected chi connectivity index (χ1v) is 4.33. The molecule has 1 aromatic carbocycles. The predicted octanol–water partition coefficient (Wildman–Crippen LogP) is 2.20. The lowest BCUT2D eigenvalue weighted by Gasteiger charge is -2.16. The molecule has 0 saturated carbocycles. The van der Waals surface area contributed by atoms with Crippen LogP contribution >= 0.6 is 0 Å². The summed E-state index contributed by atoms with van der Waals surface area (Å²) in [5.74, 6) is 0.718. The Morgan fingerprint density at radius 2 is 2.00 bits per heavy atom. The van der Waals surface area contributed by atoms with E-state index in [1.165, 1.54) is 4.90 Å². The van der Waals surface area contributed by atoms with Crippen molar-refractivity contribution in [3.63, 3.8) is 0 Å². The van der Waals surface area contributed by atoms with Crippen molar-refractivity contribution in [2.45, 2.75) is 6.92 Å². The van der Waals surface area contributed by atoms with E-state index < -0.39 is 6.09 Å². The van der Waals surface area contributed by atoms with E-state index in [4.69, 9.17) is 9.84 Å². The zero-order valence-corrected chi connectivity index (χ0v) is 8.23. The quantitative estimate of drug-likeness (QED) is 0.804. The monoisotopic (exact) mass is 195 g/mol. The molecule has 0 aromatic heterocycles. The Balaban J connectivity index is 2.89. The van der Waals surface area contributed by atoms with Gasteiger partial charge in [-0.05, 0) is 31.2 Å². The molecular formula is C10H13NO3. The van der Waals surface area contributed by atoms with Gasteiger partial charge in [-0.25, -0.2) is 4.79 Å². The number of amides is 1. The zero-order valence-electron chi connectivity index (χ0n) is 8.23. The van der Waals surface area contributed by atoms with E-state index in [0.29, 0.717) is 12.2 Å².